The summed E-state index contributed by atoms with van der Waals surface area (Å²) in [7, 11) is 0. The summed E-state index contributed by atoms with van der Waals surface area (Å²) in [5.41, 5.74) is 1.73. The Morgan fingerprint density at radius 3 is 2.54 bits per heavy atom. The van der Waals surface area contributed by atoms with Crippen LogP contribution in [0.25, 0.3) is 0 Å². The molecule has 1 saturated heterocycles. The van der Waals surface area contributed by atoms with Gasteiger partial charge < -0.3 is 9.64 Å². The van der Waals surface area contributed by atoms with Gasteiger partial charge >= 0.3 is 5.97 Å². The summed E-state index contributed by atoms with van der Waals surface area (Å²) >= 11 is 0. The molecule has 2 aromatic rings. The SMILES string of the molecule is N#Cc1cccc(C(=O)OCC(=O)c2ccc(N3CCCC3=O)cc2)c1. The number of hydrogen-bond donors (Lipinski definition) is 0. The van der Waals surface area contributed by atoms with Gasteiger partial charge in [-0.2, -0.15) is 5.26 Å². The van der Waals surface area contributed by atoms with Crippen molar-refractivity contribution in [2.45, 2.75) is 12.8 Å². The molecule has 0 saturated carbocycles. The van der Waals surface area contributed by atoms with E-state index >= 15 is 0 Å². The van der Waals surface area contributed by atoms with Crippen LogP contribution in [0.15, 0.2) is 48.5 Å². The van der Waals surface area contributed by atoms with Gasteiger partial charge in [-0.05, 0) is 48.9 Å². The Balaban J connectivity index is 1.60. The van der Waals surface area contributed by atoms with Crippen molar-refractivity contribution >= 4 is 23.3 Å². The zero-order valence-electron chi connectivity index (χ0n) is 14.0. The van der Waals surface area contributed by atoms with Crippen molar-refractivity contribution in [1.82, 2.24) is 0 Å². The van der Waals surface area contributed by atoms with Crippen LogP contribution in [0.2, 0.25) is 0 Å². The quantitative estimate of drug-likeness (QED) is 0.612. The largest absolute Gasteiger partial charge is 0.454 e. The van der Waals surface area contributed by atoms with Gasteiger partial charge in [-0.1, -0.05) is 6.07 Å². The topological polar surface area (TPSA) is 87.5 Å². The number of nitrogens with zero attached hydrogens (tertiary/aromatic N) is 2. The van der Waals surface area contributed by atoms with Gasteiger partial charge in [0.25, 0.3) is 0 Å². The fraction of sp³-hybridized carbons (Fsp3) is 0.200. The number of esters is 1. The summed E-state index contributed by atoms with van der Waals surface area (Å²) in [6, 6.07) is 14.7. The van der Waals surface area contributed by atoms with Crippen LogP contribution in [0.3, 0.4) is 0 Å². The second-order valence-corrected chi connectivity index (χ2v) is 5.89. The van der Waals surface area contributed by atoms with Gasteiger partial charge in [-0.3, -0.25) is 9.59 Å². The lowest BCUT2D eigenvalue weighted by atomic mass is 10.1. The van der Waals surface area contributed by atoms with Crippen molar-refractivity contribution in [2.75, 3.05) is 18.1 Å². The molecule has 1 aliphatic rings. The molecule has 2 aromatic carbocycles. The number of ether oxygens (including phenoxy) is 1. The lowest BCUT2D eigenvalue weighted by Crippen LogP contribution is -2.23. The second kappa shape index (κ2) is 7.62. The minimum absolute atomic E-state index is 0.0811. The van der Waals surface area contributed by atoms with Crippen molar-refractivity contribution in [3.8, 4) is 6.07 Å². The lowest BCUT2D eigenvalue weighted by Gasteiger charge is -2.15. The molecule has 1 amide bonds. The molecule has 0 unspecified atom stereocenters. The molecule has 6 nitrogen and oxygen atoms in total. The maximum Gasteiger partial charge on any atom is 0.338 e. The smallest absolute Gasteiger partial charge is 0.338 e. The van der Waals surface area contributed by atoms with Gasteiger partial charge in [0.05, 0.1) is 17.2 Å². The van der Waals surface area contributed by atoms with Crippen LogP contribution in [-0.2, 0) is 9.53 Å². The van der Waals surface area contributed by atoms with Crippen molar-refractivity contribution in [3.05, 3.63) is 65.2 Å². The molecule has 0 aromatic heterocycles. The van der Waals surface area contributed by atoms with Crippen LogP contribution in [-0.4, -0.2) is 30.8 Å². The first-order chi connectivity index (χ1) is 12.6. The Morgan fingerprint density at radius 2 is 1.88 bits per heavy atom. The highest BCUT2D eigenvalue weighted by Crippen LogP contribution is 2.21. The van der Waals surface area contributed by atoms with E-state index in [2.05, 4.69) is 0 Å². The molecule has 0 N–H and O–H groups in total. The zero-order valence-corrected chi connectivity index (χ0v) is 14.0. The van der Waals surface area contributed by atoms with Gasteiger partial charge in [0.15, 0.2) is 12.4 Å². The molecule has 0 radical (unpaired) electrons. The molecule has 130 valence electrons. The molecule has 0 bridgehead atoms. The summed E-state index contributed by atoms with van der Waals surface area (Å²) in [6.07, 6.45) is 1.38. The van der Waals surface area contributed by atoms with Gasteiger partial charge in [-0.15, -0.1) is 0 Å². The average molecular weight is 348 g/mol. The first-order valence-corrected chi connectivity index (χ1v) is 8.19. The zero-order chi connectivity index (χ0) is 18.5. The van der Waals surface area contributed by atoms with Crippen LogP contribution in [0.5, 0.6) is 0 Å². The van der Waals surface area contributed by atoms with E-state index in [1.807, 2.05) is 6.07 Å². The third-order valence-corrected chi connectivity index (χ3v) is 4.14. The molecule has 6 heteroatoms. The van der Waals surface area contributed by atoms with E-state index in [4.69, 9.17) is 10.00 Å². The van der Waals surface area contributed by atoms with E-state index in [-0.39, 0.29) is 17.3 Å². The van der Waals surface area contributed by atoms with Crippen molar-refractivity contribution in [2.24, 2.45) is 0 Å². The number of Topliss-reactive ketones (excluding diaryl/α,β-unsaturated/α-hetero) is 1. The Morgan fingerprint density at radius 1 is 1.12 bits per heavy atom. The summed E-state index contributed by atoms with van der Waals surface area (Å²) in [5, 5.41) is 8.85. The maximum absolute atomic E-state index is 12.2. The maximum atomic E-state index is 12.2. The Kier molecular flexibility index (Phi) is 5.09. The van der Waals surface area contributed by atoms with Crippen LogP contribution < -0.4 is 4.90 Å². The summed E-state index contributed by atoms with van der Waals surface area (Å²) < 4.78 is 5.03. The monoisotopic (exact) mass is 348 g/mol. The van der Waals surface area contributed by atoms with Gasteiger partial charge in [0.2, 0.25) is 5.91 Å². The number of amides is 1. The van der Waals surface area contributed by atoms with E-state index < -0.39 is 12.6 Å². The number of carbonyl (C=O) groups is 3. The van der Waals surface area contributed by atoms with E-state index in [9.17, 15) is 14.4 Å². The second-order valence-electron chi connectivity index (χ2n) is 5.89. The van der Waals surface area contributed by atoms with Gasteiger partial charge in [0, 0.05) is 24.2 Å². The normalized spacial score (nSPS) is 13.3. The number of carbonyl (C=O) groups excluding carboxylic acids is 3. The molecular weight excluding hydrogens is 332 g/mol. The fourth-order valence-corrected chi connectivity index (χ4v) is 2.76. The fourth-order valence-electron chi connectivity index (χ4n) is 2.76. The van der Waals surface area contributed by atoms with E-state index in [1.165, 1.54) is 12.1 Å². The molecule has 0 spiro atoms. The Labute approximate surface area is 150 Å². The van der Waals surface area contributed by atoms with Crippen LogP contribution in [0, 0.1) is 11.3 Å². The minimum Gasteiger partial charge on any atom is -0.454 e. The highest BCUT2D eigenvalue weighted by molar-refractivity contribution is 6.00. The van der Waals surface area contributed by atoms with Crippen LogP contribution in [0.1, 0.15) is 39.1 Å². The molecule has 1 heterocycles. The number of benzene rings is 2. The average Bonchev–Trinajstić information content (AvgIpc) is 3.12. The number of anilines is 1. The third kappa shape index (κ3) is 3.78. The predicted molar refractivity (Wildman–Crippen MR) is 93.8 cm³/mol. The number of ketones is 1. The van der Waals surface area contributed by atoms with Gasteiger partial charge in [0.1, 0.15) is 0 Å². The summed E-state index contributed by atoms with van der Waals surface area (Å²) in [4.78, 5) is 37.6. The number of nitriles is 1. The minimum atomic E-state index is -0.658. The van der Waals surface area contributed by atoms with Gasteiger partial charge in [-0.25, -0.2) is 4.79 Å². The first kappa shape index (κ1) is 17.4. The molecule has 3 rings (SSSR count). The van der Waals surface area contributed by atoms with Crippen molar-refractivity contribution < 1.29 is 19.1 Å². The number of rotatable bonds is 5. The Bertz CT molecular complexity index is 897. The molecule has 1 aliphatic heterocycles. The van der Waals surface area contributed by atoms with Crippen molar-refractivity contribution in [1.29, 1.82) is 5.26 Å². The highest BCUT2D eigenvalue weighted by atomic mass is 16.5. The van der Waals surface area contributed by atoms with E-state index in [0.717, 1.165) is 12.1 Å². The van der Waals surface area contributed by atoms with E-state index in [1.54, 1.807) is 41.3 Å². The summed E-state index contributed by atoms with van der Waals surface area (Å²) in [5.74, 6) is -0.915. The molecule has 26 heavy (non-hydrogen) atoms. The van der Waals surface area contributed by atoms with Crippen molar-refractivity contribution in [3.63, 3.8) is 0 Å². The molecule has 0 atom stereocenters. The summed E-state index contributed by atoms with van der Waals surface area (Å²) in [6.45, 7) is 0.295. The van der Waals surface area contributed by atoms with Crippen LogP contribution in [0.4, 0.5) is 5.69 Å². The molecule has 0 aliphatic carbocycles. The van der Waals surface area contributed by atoms with E-state index in [0.29, 0.717) is 24.1 Å². The predicted octanol–water partition coefficient (Wildman–Crippen LogP) is 2.72. The Hall–Kier alpha value is -3.46. The lowest BCUT2D eigenvalue weighted by molar-refractivity contribution is -0.117. The first-order valence-electron chi connectivity index (χ1n) is 8.19. The number of hydrogen-bond acceptors (Lipinski definition) is 5. The van der Waals surface area contributed by atoms with Crippen LogP contribution >= 0.6 is 0 Å². The highest BCUT2D eigenvalue weighted by Gasteiger charge is 2.21. The molecular formula is C20H16N2O4. The molecule has 1 fully saturated rings. The third-order valence-electron chi connectivity index (χ3n) is 4.14. The standard InChI is InChI=1S/C20H16N2O4/c21-12-14-3-1-4-16(11-14)20(25)26-13-18(23)15-6-8-17(9-7-15)22-10-2-5-19(22)24/h1,3-4,6-9,11H,2,5,10,13H2.